The van der Waals surface area contributed by atoms with Gasteiger partial charge in [-0.3, -0.25) is 9.09 Å². The Balaban J connectivity index is 1.37. The minimum absolute atomic E-state index is 0.237. The molecule has 1 aliphatic heterocycles. The summed E-state index contributed by atoms with van der Waals surface area (Å²) in [6.45, 7) is 1.17. The first kappa shape index (κ1) is 14.8. The average Bonchev–Trinajstić information content (AvgIpc) is 3.32. The van der Waals surface area contributed by atoms with Crippen molar-refractivity contribution in [1.82, 2.24) is 9.72 Å². The van der Waals surface area contributed by atoms with Crippen molar-refractivity contribution in [2.45, 2.75) is 13.0 Å². The molecule has 0 saturated carbocycles. The molecule has 7 nitrogen and oxygen atoms in total. The van der Waals surface area contributed by atoms with Crippen molar-refractivity contribution in [2.24, 2.45) is 0 Å². The Hall–Kier alpha value is -2.74. The summed E-state index contributed by atoms with van der Waals surface area (Å²) in [6, 6.07) is 9.26. The zero-order valence-electron chi connectivity index (χ0n) is 12.6. The number of rotatable bonds is 6. The molecule has 3 aromatic rings. The lowest BCUT2D eigenvalue weighted by molar-refractivity contribution is 0.173. The zero-order chi connectivity index (χ0) is 16.4. The summed E-state index contributed by atoms with van der Waals surface area (Å²) in [4.78, 5) is 12.7. The number of fused-ring (bicyclic) bond motifs is 1. The number of ether oxygens (including phenoxy) is 3. The monoisotopic (exact) mass is 346 g/mol. The Morgan fingerprint density at radius 3 is 3.04 bits per heavy atom. The lowest BCUT2D eigenvalue weighted by Gasteiger charge is -2.07. The molecule has 24 heavy (non-hydrogen) atoms. The standard InChI is InChI=1S/C16H14N2O5S/c19-16-18(15(17-23-16)14-3-1-8-24-14)6-2-7-20-11-4-5-12-13(9-11)22-10-21-12/h1,3-5,8-9H,2,6-7,10H2. The van der Waals surface area contributed by atoms with Crippen LogP contribution in [0, 0.1) is 0 Å². The fourth-order valence-electron chi connectivity index (χ4n) is 2.43. The van der Waals surface area contributed by atoms with Crippen LogP contribution in [0.15, 0.2) is 45.0 Å². The highest BCUT2D eigenvalue weighted by molar-refractivity contribution is 7.13. The largest absolute Gasteiger partial charge is 0.493 e. The van der Waals surface area contributed by atoms with E-state index >= 15 is 0 Å². The minimum atomic E-state index is -0.457. The number of benzene rings is 1. The van der Waals surface area contributed by atoms with Crippen LogP contribution in [0.5, 0.6) is 17.2 Å². The van der Waals surface area contributed by atoms with Crippen LogP contribution in [0.1, 0.15) is 6.42 Å². The maximum Gasteiger partial charge on any atom is 0.441 e. The summed E-state index contributed by atoms with van der Waals surface area (Å²) < 4.78 is 22.6. The lowest BCUT2D eigenvalue weighted by Crippen LogP contribution is -2.17. The average molecular weight is 346 g/mol. The molecular formula is C16H14N2O5S. The van der Waals surface area contributed by atoms with E-state index in [9.17, 15) is 4.79 Å². The Morgan fingerprint density at radius 2 is 2.17 bits per heavy atom. The lowest BCUT2D eigenvalue weighted by atomic mass is 10.3. The van der Waals surface area contributed by atoms with Gasteiger partial charge in [-0.05, 0) is 30.0 Å². The van der Waals surface area contributed by atoms with E-state index in [0.29, 0.717) is 36.9 Å². The van der Waals surface area contributed by atoms with Crippen LogP contribution in [0.4, 0.5) is 0 Å². The second-order valence-electron chi connectivity index (χ2n) is 5.12. The van der Waals surface area contributed by atoms with Gasteiger partial charge in [0.25, 0.3) is 0 Å². The van der Waals surface area contributed by atoms with Crippen molar-refractivity contribution in [3.8, 4) is 28.0 Å². The highest BCUT2D eigenvalue weighted by atomic mass is 32.1. The van der Waals surface area contributed by atoms with Crippen molar-refractivity contribution in [2.75, 3.05) is 13.4 Å². The number of aromatic nitrogens is 2. The first-order valence-corrected chi connectivity index (χ1v) is 8.32. The minimum Gasteiger partial charge on any atom is -0.493 e. The van der Waals surface area contributed by atoms with E-state index in [4.69, 9.17) is 18.7 Å². The fraction of sp³-hybridized carbons (Fsp3) is 0.250. The van der Waals surface area contributed by atoms with Gasteiger partial charge in [-0.1, -0.05) is 11.2 Å². The molecule has 0 saturated heterocycles. The smallest absolute Gasteiger partial charge is 0.441 e. The zero-order valence-corrected chi connectivity index (χ0v) is 13.5. The van der Waals surface area contributed by atoms with Crippen LogP contribution in [-0.4, -0.2) is 23.1 Å². The van der Waals surface area contributed by atoms with Gasteiger partial charge in [0, 0.05) is 12.6 Å². The molecule has 1 aliphatic rings. The van der Waals surface area contributed by atoms with E-state index in [1.54, 1.807) is 6.07 Å². The van der Waals surface area contributed by atoms with Crippen molar-refractivity contribution in [1.29, 1.82) is 0 Å². The summed E-state index contributed by atoms with van der Waals surface area (Å²) in [7, 11) is 0. The topological polar surface area (TPSA) is 75.7 Å². The van der Waals surface area contributed by atoms with Gasteiger partial charge in [0.2, 0.25) is 6.79 Å². The van der Waals surface area contributed by atoms with Gasteiger partial charge in [-0.25, -0.2) is 4.79 Å². The molecule has 0 unspecified atom stereocenters. The number of hydrogen-bond acceptors (Lipinski definition) is 7. The highest BCUT2D eigenvalue weighted by Crippen LogP contribution is 2.35. The molecule has 4 rings (SSSR count). The molecule has 124 valence electrons. The van der Waals surface area contributed by atoms with E-state index in [2.05, 4.69) is 5.16 Å². The molecule has 8 heteroatoms. The second kappa shape index (κ2) is 6.40. The summed E-state index contributed by atoms with van der Waals surface area (Å²) in [5.74, 6) is 2.21. The summed E-state index contributed by atoms with van der Waals surface area (Å²) >= 11 is 1.51. The number of hydrogen-bond donors (Lipinski definition) is 0. The van der Waals surface area contributed by atoms with Crippen LogP contribution in [0.2, 0.25) is 0 Å². The first-order valence-electron chi connectivity index (χ1n) is 7.44. The van der Waals surface area contributed by atoms with Gasteiger partial charge >= 0.3 is 5.76 Å². The number of thiophene rings is 1. The second-order valence-corrected chi connectivity index (χ2v) is 6.07. The molecule has 0 spiro atoms. The van der Waals surface area contributed by atoms with Crippen LogP contribution in [-0.2, 0) is 6.54 Å². The van der Waals surface area contributed by atoms with Gasteiger partial charge in [-0.2, -0.15) is 0 Å². The molecule has 0 radical (unpaired) electrons. The predicted octanol–water partition coefficient (Wildman–Crippen LogP) is 2.76. The van der Waals surface area contributed by atoms with Gasteiger partial charge in [-0.15, -0.1) is 11.3 Å². The van der Waals surface area contributed by atoms with Crippen LogP contribution < -0.4 is 20.0 Å². The molecule has 0 amide bonds. The van der Waals surface area contributed by atoms with Crippen LogP contribution in [0.3, 0.4) is 0 Å². The van der Waals surface area contributed by atoms with E-state index in [1.807, 2.05) is 29.6 Å². The first-order chi connectivity index (χ1) is 11.8. The van der Waals surface area contributed by atoms with E-state index in [-0.39, 0.29) is 6.79 Å². The summed E-state index contributed by atoms with van der Waals surface area (Å²) in [5.41, 5.74) is 0. The highest BCUT2D eigenvalue weighted by Gasteiger charge is 2.15. The molecular weight excluding hydrogens is 332 g/mol. The van der Waals surface area contributed by atoms with E-state index < -0.39 is 5.76 Å². The van der Waals surface area contributed by atoms with Crippen molar-refractivity contribution < 1.29 is 18.7 Å². The number of nitrogens with zero attached hydrogens (tertiary/aromatic N) is 2. The van der Waals surface area contributed by atoms with Gasteiger partial charge in [0.15, 0.2) is 17.3 Å². The third kappa shape index (κ3) is 2.88. The maximum atomic E-state index is 11.8. The Kier molecular flexibility index (Phi) is 3.96. The molecule has 1 aromatic carbocycles. The van der Waals surface area contributed by atoms with E-state index in [1.165, 1.54) is 15.9 Å². The van der Waals surface area contributed by atoms with Crippen LogP contribution >= 0.6 is 11.3 Å². The maximum absolute atomic E-state index is 11.8. The quantitative estimate of drug-likeness (QED) is 0.639. The normalized spacial score (nSPS) is 12.5. The third-order valence-corrected chi connectivity index (χ3v) is 4.43. The van der Waals surface area contributed by atoms with Crippen molar-refractivity contribution in [3.63, 3.8) is 0 Å². The Labute approximate surface area is 141 Å². The van der Waals surface area contributed by atoms with Crippen molar-refractivity contribution in [3.05, 3.63) is 46.3 Å². The Morgan fingerprint density at radius 1 is 1.25 bits per heavy atom. The van der Waals surface area contributed by atoms with Gasteiger partial charge in [0.05, 0.1) is 11.5 Å². The molecule has 3 heterocycles. The Bertz CT molecular complexity index is 884. The summed E-state index contributed by atoms with van der Waals surface area (Å²) in [6.07, 6.45) is 0.647. The molecule has 0 atom stereocenters. The van der Waals surface area contributed by atoms with Crippen LogP contribution in [0.25, 0.3) is 10.7 Å². The molecule has 0 bridgehead atoms. The van der Waals surface area contributed by atoms with Gasteiger partial charge in [0.1, 0.15) is 5.75 Å². The van der Waals surface area contributed by atoms with Gasteiger partial charge < -0.3 is 14.2 Å². The van der Waals surface area contributed by atoms with E-state index in [0.717, 1.165) is 10.6 Å². The summed E-state index contributed by atoms with van der Waals surface area (Å²) in [5, 5.41) is 5.78. The van der Waals surface area contributed by atoms with Crippen molar-refractivity contribution >= 4 is 11.3 Å². The molecule has 2 aromatic heterocycles. The molecule has 0 aliphatic carbocycles. The fourth-order valence-corrected chi connectivity index (χ4v) is 3.14. The molecule has 0 fully saturated rings. The SMILES string of the molecule is O=c1onc(-c2cccs2)n1CCCOc1ccc2c(c1)OCO2. The predicted molar refractivity (Wildman–Crippen MR) is 86.8 cm³/mol. The third-order valence-electron chi connectivity index (χ3n) is 3.57. The molecule has 0 N–H and O–H groups in total.